The zero-order valence-electron chi connectivity index (χ0n) is 14.9. The fraction of sp³-hybridized carbons (Fsp3) is 0.444. The fourth-order valence-electron chi connectivity index (χ4n) is 3.40. The SMILES string of the molecule is Cc1n[nH]c(C)c1C(C)N(C)C(=O)c1cnc2c(c1)ncn2C1CC1. The number of pyridine rings is 1. The van der Waals surface area contributed by atoms with E-state index in [1.165, 1.54) is 12.8 Å². The molecule has 0 spiro atoms. The predicted molar refractivity (Wildman–Crippen MR) is 94.4 cm³/mol. The third-order valence-corrected chi connectivity index (χ3v) is 5.10. The smallest absolute Gasteiger partial charge is 0.255 e. The van der Waals surface area contributed by atoms with Crippen molar-refractivity contribution in [2.45, 2.75) is 45.7 Å². The second-order valence-corrected chi connectivity index (χ2v) is 6.89. The van der Waals surface area contributed by atoms with Gasteiger partial charge in [0.05, 0.1) is 23.6 Å². The van der Waals surface area contributed by atoms with Crippen molar-refractivity contribution in [1.82, 2.24) is 29.6 Å². The van der Waals surface area contributed by atoms with Crippen molar-refractivity contribution < 1.29 is 4.79 Å². The third kappa shape index (κ3) is 2.59. The van der Waals surface area contributed by atoms with E-state index < -0.39 is 0 Å². The highest BCUT2D eigenvalue weighted by Gasteiger charge is 2.27. The molecule has 3 heterocycles. The number of H-pyrrole nitrogens is 1. The molecular weight excluding hydrogens is 316 g/mol. The topological polar surface area (TPSA) is 79.7 Å². The minimum Gasteiger partial charge on any atom is -0.335 e. The third-order valence-electron chi connectivity index (χ3n) is 5.10. The van der Waals surface area contributed by atoms with Gasteiger partial charge in [-0.05, 0) is 39.7 Å². The quantitative estimate of drug-likeness (QED) is 0.793. The number of aromatic nitrogens is 5. The van der Waals surface area contributed by atoms with Gasteiger partial charge in [0, 0.05) is 30.5 Å². The number of aromatic amines is 1. The number of nitrogens with one attached hydrogen (secondary N) is 1. The molecule has 7 heteroatoms. The van der Waals surface area contributed by atoms with Crippen LogP contribution in [0.4, 0.5) is 0 Å². The lowest BCUT2D eigenvalue weighted by atomic mass is 10.0. The second-order valence-electron chi connectivity index (χ2n) is 6.89. The van der Waals surface area contributed by atoms with Gasteiger partial charge in [0.1, 0.15) is 5.52 Å². The summed E-state index contributed by atoms with van der Waals surface area (Å²) in [5.41, 5.74) is 5.15. The molecular formula is C18H22N6O. The van der Waals surface area contributed by atoms with Crippen LogP contribution < -0.4 is 0 Å². The summed E-state index contributed by atoms with van der Waals surface area (Å²) in [6, 6.07) is 2.28. The lowest BCUT2D eigenvalue weighted by Crippen LogP contribution is -2.30. The first-order chi connectivity index (χ1) is 12.0. The van der Waals surface area contributed by atoms with Gasteiger partial charge in [-0.2, -0.15) is 5.10 Å². The molecule has 25 heavy (non-hydrogen) atoms. The summed E-state index contributed by atoms with van der Waals surface area (Å²) >= 11 is 0. The molecule has 1 fully saturated rings. The average molecular weight is 338 g/mol. The summed E-state index contributed by atoms with van der Waals surface area (Å²) in [5, 5.41) is 7.21. The molecule has 3 aromatic rings. The number of amides is 1. The Balaban J connectivity index is 1.62. The van der Waals surface area contributed by atoms with Gasteiger partial charge in [-0.15, -0.1) is 0 Å². The van der Waals surface area contributed by atoms with Crippen LogP contribution in [0.3, 0.4) is 0 Å². The van der Waals surface area contributed by atoms with E-state index in [1.807, 2.05) is 40.2 Å². The molecule has 0 aliphatic heterocycles. The van der Waals surface area contributed by atoms with Crippen molar-refractivity contribution in [1.29, 1.82) is 0 Å². The fourth-order valence-corrected chi connectivity index (χ4v) is 3.40. The summed E-state index contributed by atoms with van der Waals surface area (Å²) in [7, 11) is 1.81. The molecule has 1 atom stereocenters. The van der Waals surface area contributed by atoms with E-state index in [2.05, 4.69) is 24.7 Å². The summed E-state index contributed by atoms with van der Waals surface area (Å²) in [5.74, 6) is -0.0668. The molecule has 0 radical (unpaired) electrons. The van der Waals surface area contributed by atoms with Crippen molar-refractivity contribution in [3.05, 3.63) is 41.1 Å². The Kier molecular flexibility index (Phi) is 3.59. The highest BCUT2D eigenvalue weighted by atomic mass is 16.2. The molecule has 1 unspecified atom stereocenters. The van der Waals surface area contributed by atoms with Crippen LogP contribution in [-0.2, 0) is 0 Å². The number of fused-ring (bicyclic) bond motifs is 1. The van der Waals surface area contributed by atoms with Crippen LogP contribution in [0.1, 0.15) is 59.2 Å². The Labute approximate surface area is 146 Å². The van der Waals surface area contributed by atoms with Crippen LogP contribution in [0, 0.1) is 13.8 Å². The predicted octanol–water partition coefficient (Wildman–Crippen LogP) is 2.94. The maximum absolute atomic E-state index is 12.9. The summed E-state index contributed by atoms with van der Waals surface area (Å²) in [4.78, 5) is 23.6. The van der Waals surface area contributed by atoms with Crippen LogP contribution in [0.15, 0.2) is 18.6 Å². The number of carbonyl (C=O) groups excluding carboxylic acids is 1. The Morgan fingerprint density at radius 2 is 2.12 bits per heavy atom. The molecule has 1 amide bonds. The summed E-state index contributed by atoms with van der Waals surface area (Å²) in [6.07, 6.45) is 5.84. The monoisotopic (exact) mass is 338 g/mol. The number of rotatable bonds is 4. The minimum absolute atomic E-state index is 0.0668. The molecule has 0 aromatic carbocycles. The van der Waals surface area contributed by atoms with Crippen LogP contribution in [-0.4, -0.2) is 42.6 Å². The molecule has 130 valence electrons. The van der Waals surface area contributed by atoms with Gasteiger partial charge in [0.2, 0.25) is 0 Å². The van der Waals surface area contributed by atoms with Gasteiger partial charge in [-0.25, -0.2) is 9.97 Å². The van der Waals surface area contributed by atoms with E-state index in [0.29, 0.717) is 11.6 Å². The second kappa shape index (κ2) is 5.68. The zero-order chi connectivity index (χ0) is 17.7. The summed E-state index contributed by atoms with van der Waals surface area (Å²) in [6.45, 7) is 5.94. The van der Waals surface area contributed by atoms with E-state index in [4.69, 9.17) is 0 Å². The molecule has 1 aliphatic carbocycles. The Morgan fingerprint density at radius 3 is 2.76 bits per heavy atom. The first kappa shape index (κ1) is 15.8. The van der Waals surface area contributed by atoms with E-state index in [0.717, 1.165) is 28.1 Å². The lowest BCUT2D eigenvalue weighted by molar-refractivity contribution is 0.0742. The van der Waals surface area contributed by atoms with Crippen molar-refractivity contribution in [3.8, 4) is 0 Å². The van der Waals surface area contributed by atoms with Gasteiger partial charge in [0.15, 0.2) is 5.65 Å². The average Bonchev–Trinajstić information content (AvgIpc) is 3.28. The first-order valence-corrected chi connectivity index (χ1v) is 8.58. The first-order valence-electron chi connectivity index (χ1n) is 8.58. The molecule has 1 saturated carbocycles. The molecule has 0 bridgehead atoms. The van der Waals surface area contributed by atoms with Gasteiger partial charge >= 0.3 is 0 Å². The Bertz CT molecular complexity index is 932. The number of hydrogen-bond acceptors (Lipinski definition) is 4. The minimum atomic E-state index is -0.0778. The van der Waals surface area contributed by atoms with Crippen LogP contribution >= 0.6 is 0 Å². The molecule has 3 aromatic heterocycles. The van der Waals surface area contributed by atoms with Crippen LogP contribution in [0.5, 0.6) is 0 Å². The van der Waals surface area contributed by atoms with Crippen LogP contribution in [0.25, 0.3) is 11.2 Å². The normalized spacial score (nSPS) is 15.5. The highest BCUT2D eigenvalue weighted by molar-refractivity contribution is 5.96. The molecule has 7 nitrogen and oxygen atoms in total. The Morgan fingerprint density at radius 1 is 1.36 bits per heavy atom. The van der Waals surface area contributed by atoms with Crippen molar-refractivity contribution in [3.63, 3.8) is 0 Å². The summed E-state index contributed by atoms with van der Waals surface area (Å²) < 4.78 is 2.11. The van der Waals surface area contributed by atoms with E-state index >= 15 is 0 Å². The maximum Gasteiger partial charge on any atom is 0.255 e. The van der Waals surface area contributed by atoms with Crippen molar-refractivity contribution >= 4 is 17.1 Å². The molecule has 1 N–H and O–H groups in total. The number of carbonyl (C=O) groups is 1. The molecule has 1 aliphatic rings. The lowest BCUT2D eigenvalue weighted by Gasteiger charge is -2.25. The number of nitrogens with zero attached hydrogens (tertiary/aromatic N) is 5. The maximum atomic E-state index is 12.9. The van der Waals surface area contributed by atoms with Gasteiger partial charge < -0.3 is 9.47 Å². The number of imidazole rings is 1. The van der Waals surface area contributed by atoms with Crippen molar-refractivity contribution in [2.24, 2.45) is 0 Å². The van der Waals surface area contributed by atoms with Gasteiger partial charge in [-0.1, -0.05) is 0 Å². The largest absolute Gasteiger partial charge is 0.335 e. The van der Waals surface area contributed by atoms with Gasteiger partial charge in [-0.3, -0.25) is 9.89 Å². The number of hydrogen-bond donors (Lipinski definition) is 1. The van der Waals surface area contributed by atoms with Gasteiger partial charge in [0.25, 0.3) is 5.91 Å². The molecule has 0 saturated heterocycles. The van der Waals surface area contributed by atoms with Crippen molar-refractivity contribution in [2.75, 3.05) is 7.05 Å². The zero-order valence-corrected chi connectivity index (χ0v) is 14.9. The molecule has 4 rings (SSSR count). The van der Waals surface area contributed by atoms with E-state index in [9.17, 15) is 4.79 Å². The van der Waals surface area contributed by atoms with E-state index in [-0.39, 0.29) is 11.9 Å². The Hall–Kier alpha value is -2.70. The highest BCUT2D eigenvalue weighted by Crippen LogP contribution is 2.36. The van der Waals surface area contributed by atoms with E-state index in [1.54, 1.807) is 11.1 Å². The standard InChI is InChI=1S/C18H22N6O/c1-10-16(11(2)22-21-10)12(3)23(4)18(25)13-7-15-17(19-8-13)24(9-20-15)14-5-6-14/h7-9,12,14H,5-6H2,1-4H3,(H,21,22). The number of aryl methyl sites for hydroxylation is 2. The van der Waals surface area contributed by atoms with Crippen LogP contribution in [0.2, 0.25) is 0 Å².